The minimum absolute atomic E-state index is 0.0478. The summed E-state index contributed by atoms with van der Waals surface area (Å²) in [6.07, 6.45) is 0.375. The monoisotopic (exact) mass is 316 g/mol. The molecule has 2 aromatic rings. The van der Waals surface area contributed by atoms with E-state index in [0.29, 0.717) is 18.8 Å². The number of benzene rings is 1. The van der Waals surface area contributed by atoms with Crippen LogP contribution >= 0.6 is 0 Å². The van der Waals surface area contributed by atoms with E-state index in [1.807, 2.05) is 37.3 Å². The standard InChI is InChI=1S/C17H20N2O4/c1-11(15-9-12-5-3-4-6-14(12)23-15)16(20)18-13-7-8-19(10-13)17(21)22-2/h3-6,9,11,13H,7-8,10H2,1-2H3,(H,18,20)/t11-,13-/m1/s1. The molecule has 1 aliphatic rings. The zero-order valence-corrected chi connectivity index (χ0v) is 13.2. The Bertz CT molecular complexity index is 691. The van der Waals surface area contributed by atoms with E-state index in [0.717, 1.165) is 17.4 Å². The van der Waals surface area contributed by atoms with Gasteiger partial charge in [0.2, 0.25) is 5.91 Å². The van der Waals surface area contributed by atoms with Crippen LogP contribution in [0.25, 0.3) is 11.0 Å². The molecule has 1 aromatic heterocycles. The normalized spacial score (nSPS) is 18.9. The van der Waals surface area contributed by atoms with Gasteiger partial charge in [-0.1, -0.05) is 18.2 Å². The summed E-state index contributed by atoms with van der Waals surface area (Å²) in [7, 11) is 1.36. The van der Waals surface area contributed by atoms with Gasteiger partial charge in [0.25, 0.3) is 0 Å². The maximum absolute atomic E-state index is 12.4. The van der Waals surface area contributed by atoms with Crippen molar-refractivity contribution in [3.05, 3.63) is 36.1 Å². The molecule has 1 aliphatic heterocycles. The third kappa shape index (κ3) is 3.16. The highest BCUT2D eigenvalue weighted by molar-refractivity contribution is 5.85. The molecule has 3 rings (SSSR count). The Hall–Kier alpha value is -2.50. The number of para-hydroxylation sites is 1. The second-order valence-electron chi connectivity index (χ2n) is 5.82. The van der Waals surface area contributed by atoms with Crippen LogP contribution in [0.1, 0.15) is 25.0 Å². The lowest BCUT2D eigenvalue weighted by molar-refractivity contribution is -0.123. The Labute approximate surface area is 134 Å². The number of rotatable bonds is 3. The van der Waals surface area contributed by atoms with E-state index < -0.39 is 0 Å². The van der Waals surface area contributed by atoms with Crippen molar-refractivity contribution in [2.75, 3.05) is 20.2 Å². The second-order valence-corrected chi connectivity index (χ2v) is 5.82. The van der Waals surface area contributed by atoms with Crippen LogP contribution in [0.4, 0.5) is 4.79 Å². The number of furan rings is 1. The second kappa shape index (κ2) is 6.32. The van der Waals surface area contributed by atoms with Crippen LogP contribution < -0.4 is 5.32 Å². The van der Waals surface area contributed by atoms with Gasteiger partial charge in [0.1, 0.15) is 11.3 Å². The first-order valence-corrected chi connectivity index (χ1v) is 7.70. The molecule has 1 aromatic carbocycles. The Morgan fingerprint density at radius 1 is 1.39 bits per heavy atom. The highest BCUT2D eigenvalue weighted by atomic mass is 16.5. The molecule has 0 bridgehead atoms. The maximum Gasteiger partial charge on any atom is 0.409 e. The van der Waals surface area contributed by atoms with Crippen molar-refractivity contribution in [2.45, 2.75) is 25.3 Å². The molecular formula is C17H20N2O4. The number of nitrogens with one attached hydrogen (secondary N) is 1. The average Bonchev–Trinajstić information content (AvgIpc) is 3.19. The highest BCUT2D eigenvalue weighted by Gasteiger charge is 2.29. The number of methoxy groups -OCH3 is 1. The third-order valence-corrected chi connectivity index (χ3v) is 4.23. The van der Waals surface area contributed by atoms with Gasteiger partial charge < -0.3 is 19.4 Å². The fourth-order valence-corrected chi connectivity index (χ4v) is 2.84. The van der Waals surface area contributed by atoms with Gasteiger partial charge in [-0.15, -0.1) is 0 Å². The fourth-order valence-electron chi connectivity index (χ4n) is 2.84. The number of ether oxygens (including phenoxy) is 1. The predicted octanol–water partition coefficient (Wildman–Crippen LogP) is 2.49. The van der Waals surface area contributed by atoms with Crippen molar-refractivity contribution in [2.24, 2.45) is 0 Å². The Morgan fingerprint density at radius 3 is 2.91 bits per heavy atom. The number of nitrogens with zero attached hydrogens (tertiary/aromatic N) is 1. The van der Waals surface area contributed by atoms with Gasteiger partial charge in [-0.2, -0.15) is 0 Å². The summed E-state index contributed by atoms with van der Waals surface area (Å²) in [5, 5.41) is 3.97. The largest absolute Gasteiger partial charge is 0.460 e. The molecule has 1 saturated heterocycles. The van der Waals surface area contributed by atoms with Crippen molar-refractivity contribution < 1.29 is 18.7 Å². The molecule has 0 unspecified atom stereocenters. The molecule has 2 amide bonds. The Morgan fingerprint density at radius 2 is 2.17 bits per heavy atom. The fraction of sp³-hybridized carbons (Fsp3) is 0.412. The van der Waals surface area contributed by atoms with Gasteiger partial charge in [-0.3, -0.25) is 4.79 Å². The van der Waals surface area contributed by atoms with Crippen molar-refractivity contribution in [1.82, 2.24) is 10.2 Å². The first kappa shape index (κ1) is 15.4. The lowest BCUT2D eigenvalue weighted by Crippen LogP contribution is -2.40. The molecule has 0 spiro atoms. The van der Waals surface area contributed by atoms with E-state index in [2.05, 4.69) is 5.32 Å². The Kier molecular flexibility index (Phi) is 4.23. The van der Waals surface area contributed by atoms with Gasteiger partial charge in [0.05, 0.1) is 13.0 Å². The molecule has 1 fully saturated rings. The van der Waals surface area contributed by atoms with Gasteiger partial charge >= 0.3 is 6.09 Å². The summed E-state index contributed by atoms with van der Waals surface area (Å²) >= 11 is 0. The Balaban J connectivity index is 1.63. The lowest BCUT2D eigenvalue weighted by atomic mass is 10.1. The number of hydrogen-bond acceptors (Lipinski definition) is 4. The van der Waals surface area contributed by atoms with Crippen LogP contribution in [0.3, 0.4) is 0 Å². The first-order valence-electron chi connectivity index (χ1n) is 7.70. The summed E-state index contributed by atoms with van der Waals surface area (Å²) in [5.74, 6) is 0.168. The summed E-state index contributed by atoms with van der Waals surface area (Å²) < 4.78 is 10.4. The van der Waals surface area contributed by atoms with Crippen LogP contribution in [0.2, 0.25) is 0 Å². The van der Waals surface area contributed by atoms with Crippen molar-refractivity contribution in [1.29, 1.82) is 0 Å². The van der Waals surface area contributed by atoms with Gasteiger partial charge in [-0.25, -0.2) is 4.79 Å². The van der Waals surface area contributed by atoms with E-state index in [-0.39, 0.29) is 24.0 Å². The van der Waals surface area contributed by atoms with Gasteiger partial charge in [-0.05, 0) is 25.5 Å². The molecule has 0 aliphatic carbocycles. The summed E-state index contributed by atoms with van der Waals surface area (Å²) in [4.78, 5) is 25.5. The number of amides is 2. The molecule has 6 heteroatoms. The van der Waals surface area contributed by atoms with Crippen LogP contribution in [0.15, 0.2) is 34.7 Å². The predicted molar refractivity (Wildman–Crippen MR) is 85.2 cm³/mol. The average molecular weight is 316 g/mol. The highest BCUT2D eigenvalue weighted by Crippen LogP contribution is 2.25. The van der Waals surface area contributed by atoms with Crippen LogP contribution in [0, 0.1) is 0 Å². The lowest BCUT2D eigenvalue weighted by Gasteiger charge is -2.17. The van der Waals surface area contributed by atoms with Crippen LogP contribution in [-0.4, -0.2) is 43.1 Å². The van der Waals surface area contributed by atoms with Crippen molar-refractivity contribution >= 4 is 23.0 Å². The number of fused-ring (bicyclic) bond motifs is 1. The minimum Gasteiger partial charge on any atom is -0.460 e. The molecule has 1 N–H and O–H groups in total. The molecule has 2 atom stereocenters. The zero-order chi connectivity index (χ0) is 16.4. The van der Waals surface area contributed by atoms with Crippen LogP contribution in [0.5, 0.6) is 0 Å². The zero-order valence-electron chi connectivity index (χ0n) is 13.2. The number of carbonyl (C=O) groups is 2. The van der Waals surface area contributed by atoms with E-state index in [9.17, 15) is 9.59 Å². The van der Waals surface area contributed by atoms with E-state index >= 15 is 0 Å². The smallest absolute Gasteiger partial charge is 0.409 e. The molecule has 122 valence electrons. The van der Waals surface area contributed by atoms with Crippen molar-refractivity contribution in [3.8, 4) is 0 Å². The van der Waals surface area contributed by atoms with Gasteiger partial charge in [0, 0.05) is 24.5 Å². The molecule has 6 nitrogen and oxygen atoms in total. The number of likely N-dealkylation sites (tertiary alicyclic amines) is 1. The number of hydrogen-bond donors (Lipinski definition) is 1. The topological polar surface area (TPSA) is 71.8 Å². The van der Waals surface area contributed by atoms with E-state index in [1.54, 1.807) is 4.90 Å². The summed E-state index contributed by atoms with van der Waals surface area (Å²) in [5.41, 5.74) is 0.778. The minimum atomic E-state index is -0.380. The quantitative estimate of drug-likeness (QED) is 0.944. The molecule has 23 heavy (non-hydrogen) atoms. The third-order valence-electron chi connectivity index (χ3n) is 4.23. The first-order chi connectivity index (χ1) is 11.1. The number of carbonyl (C=O) groups excluding carboxylic acids is 2. The van der Waals surface area contributed by atoms with E-state index in [4.69, 9.17) is 9.15 Å². The van der Waals surface area contributed by atoms with Gasteiger partial charge in [0.15, 0.2) is 0 Å². The van der Waals surface area contributed by atoms with E-state index in [1.165, 1.54) is 7.11 Å². The SMILES string of the molecule is COC(=O)N1CC[C@@H](NC(=O)[C@H](C)c2cc3ccccc3o2)C1. The summed E-state index contributed by atoms with van der Waals surface area (Å²) in [6, 6.07) is 9.53. The molecule has 0 saturated carbocycles. The van der Waals surface area contributed by atoms with Crippen molar-refractivity contribution in [3.63, 3.8) is 0 Å². The maximum atomic E-state index is 12.4. The molecule has 2 heterocycles. The molecular weight excluding hydrogens is 296 g/mol. The molecule has 0 radical (unpaired) electrons. The van der Waals surface area contributed by atoms with Crippen LogP contribution in [-0.2, 0) is 9.53 Å². The summed E-state index contributed by atoms with van der Waals surface area (Å²) in [6.45, 7) is 2.89.